The first-order valence-corrected chi connectivity index (χ1v) is 2.87. The molecule has 9 heavy (non-hydrogen) atoms. The molecule has 0 aromatic heterocycles. The van der Waals surface area contributed by atoms with Crippen LogP contribution in [0.4, 0.5) is 13.2 Å². The van der Waals surface area contributed by atoms with E-state index in [1.807, 2.05) is 0 Å². The highest BCUT2D eigenvalue weighted by Gasteiger charge is 2.41. The molecule has 1 rings (SSSR count). The summed E-state index contributed by atoms with van der Waals surface area (Å²) in [5.41, 5.74) is -0.383. The lowest BCUT2D eigenvalue weighted by Gasteiger charge is -2.04. The highest BCUT2D eigenvalue weighted by Crippen LogP contribution is 2.27. The van der Waals surface area contributed by atoms with Crippen LogP contribution in [0.1, 0.15) is 0 Å². The summed E-state index contributed by atoms with van der Waals surface area (Å²) >= 11 is 5.28. The van der Waals surface area contributed by atoms with Gasteiger partial charge in [-0.05, 0) is 0 Å². The second kappa shape index (κ2) is 2.02. The molecule has 0 radical (unpaired) electrons. The minimum Gasteiger partial charge on any atom is -0.275 e. The minimum absolute atomic E-state index is 0.362. The van der Waals surface area contributed by atoms with Gasteiger partial charge in [0.2, 0.25) is 0 Å². The topological polar surface area (TPSA) is 3.01 Å². The molecule has 0 aromatic carbocycles. The average molecular weight is 160 g/mol. The van der Waals surface area contributed by atoms with E-state index in [1.165, 1.54) is 0 Å². The Hall–Kier alpha value is 0.0400. The lowest BCUT2D eigenvalue weighted by atomic mass is 10.6. The summed E-state index contributed by atoms with van der Waals surface area (Å²) in [5, 5.41) is 0. The lowest BCUT2D eigenvalue weighted by Crippen LogP contribution is -2.21. The molecule has 0 spiro atoms. The smallest absolute Gasteiger partial charge is 0.275 e. The summed E-state index contributed by atoms with van der Waals surface area (Å²) < 4.78 is 34.3. The maximum Gasteiger partial charge on any atom is 0.401 e. The zero-order chi connectivity index (χ0) is 7.07. The molecule has 1 nitrogen and oxygen atoms in total. The molecule has 0 aliphatic carbocycles. The van der Waals surface area contributed by atoms with E-state index in [-0.39, 0.29) is 5.50 Å². The van der Waals surface area contributed by atoms with Crippen LogP contribution in [0, 0.1) is 0 Å². The fraction of sp³-hybridized carbons (Fsp3) is 1.00. The fourth-order valence-corrected chi connectivity index (χ4v) is 0.787. The molecule has 1 aliphatic rings. The standard InChI is InChI=1S/C4H5ClF3N/c5-3-1-9(3)2-4(6,7)8/h3H,1-2H2. The van der Waals surface area contributed by atoms with E-state index in [2.05, 4.69) is 0 Å². The van der Waals surface area contributed by atoms with Gasteiger partial charge in [-0.1, -0.05) is 0 Å². The van der Waals surface area contributed by atoms with Crippen molar-refractivity contribution >= 4 is 11.6 Å². The predicted molar refractivity (Wildman–Crippen MR) is 27.3 cm³/mol. The summed E-state index contributed by atoms with van der Waals surface area (Å²) in [5.74, 6) is 0. The van der Waals surface area contributed by atoms with E-state index in [0.717, 1.165) is 4.90 Å². The Morgan fingerprint density at radius 2 is 2.00 bits per heavy atom. The Morgan fingerprint density at radius 3 is 2.11 bits per heavy atom. The van der Waals surface area contributed by atoms with Crippen LogP contribution in [0.3, 0.4) is 0 Å². The summed E-state index contributed by atoms with van der Waals surface area (Å²) in [6.07, 6.45) is -4.09. The third-order valence-corrected chi connectivity index (χ3v) is 1.44. The van der Waals surface area contributed by atoms with Gasteiger partial charge in [0.05, 0.1) is 12.0 Å². The lowest BCUT2D eigenvalue weighted by molar-refractivity contribution is -0.134. The molecule has 2 unspecified atom stereocenters. The van der Waals surface area contributed by atoms with E-state index in [9.17, 15) is 13.2 Å². The summed E-state index contributed by atoms with van der Waals surface area (Å²) in [6, 6.07) is 0. The molecule has 0 aromatic rings. The van der Waals surface area contributed by atoms with E-state index in [1.54, 1.807) is 0 Å². The zero-order valence-corrected chi connectivity index (χ0v) is 5.21. The van der Waals surface area contributed by atoms with Gasteiger partial charge in [-0.25, -0.2) is 0 Å². The Balaban J connectivity index is 2.19. The number of hydrogen-bond donors (Lipinski definition) is 0. The maximum atomic E-state index is 11.4. The second-order valence-corrected chi connectivity index (χ2v) is 2.48. The van der Waals surface area contributed by atoms with E-state index in [0.29, 0.717) is 6.54 Å². The molecule has 1 fully saturated rings. The minimum atomic E-state index is -4.09. The highest BCUT2D eigenvalue weighted by atomic mass is 35.5. The van der Waals surface area contributed by atoms with Gasteiger partial charge in [0, 0.05) is 6.54 Å². The van der Waals surface area contributed by atoms with Crippen molar-refractivity contribution < 1.29 is 13.2 Å². The Labute approximate surface area is 55.4 Å². The van der Waals surface area contributed by atoms with Gasteiger partial charge in [-0.3, -0.25) is 4.90 Å². The van der Waals surface area contributed by atoms with Crippen LogP contribution in [0.15, 0.2) is 0 Å². The van der Waals surface area contributed by atoms with E-state index in [4.69, 9.17) is 11.6 Å². The molecule has 1 heterocycles. The Kier molecular flexibility index (Phi) is 1.61. The van der Waals surface area contributed by atoms with Crippen molar-refractivity contribution in [2.75, 3.05) is 13.1 Å². The fourth-order valence-electron chi connectivity index (χ4n) is 0.540. The number of hydrogen-bond acceptors (Lipinski definition) is 1. The van der Waals surface area contributed by atoms with E-state index >= 15 is 0 Å². The van der Waals surface area contributed by atoms with Crippen molar-refractivity contribution in [2.24, 2.45) is 0 Å². The molecular formula is C4H5ClF3N. The van der Waals surface area contributed by atoms with Gasteiger partial charge in [0.15, 0.2) is 0 Å². The summed E-state index contributed by atoms with van der Waals surface area (Å²) in [4.78, 5) is 1.14. The third kappa shape index (κ3) is 2.41. The van der Waals surface area contributed by atoms with Crippen LogP contribution >= 0.6 is 11.6 Å². The van der Waals surface area contributed by atoms with E-state index < -0.39 is 12.7 Å². The van der Waals surface area contributed by atoms with Crippen molar-refractivity contribution in [3.8, 4) is 0 Å². The normalized spacial score (nSPS) is 34.7. The van der Waals surface area contributed by atoms with Gasteiger partial charge < -0.3 is 0 Å². The number of nitrogens with zero attached hydrogens (tertiary/aromatic N) is 1. The van der Waals surface area contributed by atoms with Crippen molar-refractivity contribution in [1.82, 2.24) is 4.90 Å². The van der Waals surface area contributed by atoms with Gasteiger partial charge in [-0.15, -0.1) is 11.6 Å². The third-order valence-electron chi connectivity index (χ3n) is 1.03. The van der Waals surface area contributed by atoms with Crippen molar-refractivity contribution in [1.29, 1.82) is 0 Å². The second-order valence-electron chi connectivity index (χ2n) is 1.98. The van der Waals surface area contributed by atoms with Crippen molar-refractivity contribution in [3.05, 3.63) is 0 Å². The molecule has 1 aliphatic heterocycles. The first-order chi connectivity index (χ1) is 3.99. The molecule has 54 valence electrons. The van der Waals surface area contributed by atoms with Crippen LogP contribution in [-0.4, -0.2) is 29.7 Å². The average Bonchev–Trinajstić information content (AvgIpc) is 2.13. The molecule has 5 heteroatoms. The summed E-state index contributed by atoms with van der Waals surface area (Å²) in [6.45, 7) is -0.512. The maximum absolute atomic E-state index is 11.4. The Bertz CT molecular complexity index is 113. The molecule has 0 saturated carbocycles. The largest absolute Gasteiger partial charge is 0.401 e. The van der Waals surface area contributed by atoms with Crippen molar-refractivity contribution in [3.63, 3.8) is 0 Å². The Morgan fingerprint density at radius 1 is 1.56 bits per heavy atom. The molecule has 2 atom stereocenters. The molecule has 1 saturated heterocycles. The summed E-state index contributed by atoms with van der Waals surface area (Å²) in [7, 11) is 0. The first-order valence-electron chi connectivity index (χ1n) is 2.44. The van der Waals surface area contributed by atoms with Gasteiger partial charge in [0.25, 0.3) is 0 Å². The molecule has 0 bridgehead atoms. The molecule has 0 amide bonds. The number of alkyl halides is 4. The van der Waals surface area contributed by atoms with Crippen LogP contribution in [-0.2, 0) is 0 Å². The zero-order valence-electron chi connectivity index (χ0n) is 4.45. The first kappa shape index (κ1) is 7.15. The van der Waals surface area contributed by atoms with Gasteiger partial charge >= 0.3 is 6.18 Å². The predicted octanol–water partition coefficient (Wildman–Crippen LogP) is 1.43. The van der Waals surface area contributed by atoms with Gasteiger partial charge in [0.1, 0.15) is 0 Å². The van der Waals surface area contributed by atoms with Crippen molar-refractivity contribution in [2.45, 2.75) is 11.7 Å². The molecular weight excluding hydrogens is 154 g/mol. The van der Waals surface area contributed by atoms with Crippen LogP contribution in [0.25, 0.3) is 0 Å². The number of rotatable bonds is 1. The number of halogens is 4. The van der Waals surface area contributed by atoms with Gasteiger partial charge in [-0.2, -0.15) is 13.2 Å². The monoisotopic (exact) mass is 159 g/mol. The van der Waals surface area contributed by atoms with Crippen LogP contribution < -0.4 is 0 Å². The van der Waals surface area contributed by atoms with Crippen LogP contribution in [0.2, 0.25) is 0 Å². The SMILES string of the molecule is FC(F)(F)CN1CC1Cl. The molecule has 0 N–H and O–H groups in total. The quantitative estimate of drug-likeness (QED) is 0.318. The highest BCUT2D eigenvalue weighted by molar-refractivity contribution is 6.22. The van der Waals surface area contributed by atoms with Crippen LogP contribution in [0.5, 0.6) is 0 Å².